The lowest BCUT2D eigenvalue weighted by Gasteiger charge is -2.36. The molecule has 1 aliphatic heterocycles. The summed E-state index contributed by atoms with van der Waals surface area (Å²) in [5.41, 5.74) is 1.27. The van der Waals surface area contributed by atoms with Crippen LogP contribution in [0.3, 0.4) is 0 Å². The molecular weight excluding hydrogens is 222 g/mol. The standard InChI is InChI=1S/C12H17NO2S/c1-13-11-7-16-12(11)8-4-9(14-2)6-10(5-8)15-3/h4-6,11-13H,7H2,1-3H3. The maximum Gasteiger partial charge on any atom is 0.122 e. The summed E-state index contributed by atoms with van der Waals surface area (Å²) < 4.78 is 10.6. The molecule has 0 spiro atoms. The predicted octanol–water partition coefficient (Wildman–Crippen LogP) is 2.08. The van der Waals surface area contributed by atoms with Crippen LogP contribution in [0.2, 0.25) is 0 Å². The fourth-order valence-electron chi connectivity index (χ4n) is 1.85. The Labute approximate surface area is 101 Å². The van der Waals surface area contributed by atoms with Gasteiger partial charge in [0.25, 0.3) is 0 Å². The summed E-state index contributed by atoms with van der Waals surface area (Å²) >= 11 is 1.96. The van der Waals surface area contributed by atoms with Gasteiger partial charge in [-0.25, -0.2) is 0 Å². The van der Waals surface area contributed by atoms with Gasteiger partial charge in [-0.3, -0.25) is 0 Å². The average Bonchev–Trinajstić information content (AvgIpc) is 2.27. The number of benzene rings is 1. The molecule has 1 aliphatic rings. The molecule has 0 saturated carbocycles. The Balaban J connectivity index is 2.25. The van der Waals surface area contributed by atoms with Crippen molar-refractivity contribution in [3.05, 3.63) is 23.8 Å². The van der Waals surface area contributed by atoms with Crippen LogP contribution in [0, 0.1) is 0 Å². The monoisotopic (exact) mass is 239 g/mol. The van der Waals surface area contributed by atoms with E-state index in [0.717, 1.165) is 11.5 Å². The Morgan fingerprint density at radius 1 is 1.19 bits per heavy atom. The number of nitrogens with one attached hydrogen (secondary N) is 1. The lowest BCUT2D eigenvalue weighted by molar-refractivity contribution is 0.392. The molecule has 4 heteroatoms. The van der Waals surface area contributed by atoms with E-state index in [1.54, 1.807) is 14.2 Å². The highest BCUT2D eigenvalue weighted by Crippen LogP contribution is 2.44. The molecular formula is C12H17NO2S. The van der Waals surface area contributed by atoms with Gasteiger partial charge < -0.3 is 14.8 Å². The number of ether oxygens (including phenoxy) is 2. The Hall–Kier alpha value is -0.870. The van der Waals surface area contributed by atoms with Crippen LogP contribution in [0.4, 0.5) is 0 Å². The molecule has 2 unspecified atom stereocenters. The minimum Gasteiger partial charge on any atom is -0.497 e. The molecule has 1 N–H and O–H groups in total. The molecule has 1 aromatic rings. The van der Waals surface area contributed by atoms with E-state index in [-0.39, 0.29) is 0 Å². The van der Waals surface area contributed by atoms with Crippen LogP contribution in [-0.2, 0) is 0 Å². The molecule has 1 fully saturated rings. The normalized spacial score (nSPS) is 23.7. The summed E-state index contributed by atoms with van der Waals surface area (Å²) in [5, 5.41) is 3.83. The molecule has 1 aromatic carbocycles. The van der Waals surface area contributed by atoms with Gasteiger partial charge in [0.2, 0.25) is 0 Å². The minimum absolute atomic E-state index is 0.508. The van der Waals surface area contributed by atoms with Crippen LogP contribution in [0.1, 0.15) is 10.8 Å². The molecule has 2 rings (SSSR count). The number of rotatable bonds is 4. The number of thioether (sulfide) groups is 1. The highest BCUT2D eigenvalue weighted by atomic mass is 32.2. The molecule has 0 bridgehead atoms. The zero-order valence-corrected chi connectivity index (χ0v) is 10.6. The second-order valence-electron chi connectivity index (χ2n) is 3.80. The van der Waals surface area contributed by atoms with Crippen LogP contribution < -0.4 is 14.8 Å². The fourth-order valence-corrected chi connectivity index (χ4v) is 3.05. The third-order valence-corrected chi connectivity index (χ3v) is 4.41. The van der Waals surface area contributed by atoms with Crippen LogP contribution in [0.5, 0.6) is 11.5 Å². The fraction of sp³-hybridized carbons (Fsp3) is 0.500. The van der Waals surface area contributed by atoms with Gasteiger partial charge in [0.15, 0.2) is 0 Å². The molecule has 2 atom stereocenters. The molecule has 3 nitrogen and oxygen atoms in total. The Morgan fingerprint density at radius 2 is 1.81 bits per heavy atom. The van der Waals surface area contributed by atoms with E-state index in [1.807, 2.05) is 24.9 Å². The SMILES string of the molecule is CNC1CSC1c1cc(OC)cc(OC)c1. The second kappa shape index (κ2) is 4.97. The molecule has 0 amide bonds. The highest BCUT2D eigenvalue weighted by Gasteiger charge is 2.32. The van der Waals surface area contributed by atoms with Crippen molar-refractivity contribution in [2.75, 3.05) is 27.0 Å². The van der Waals surface area contributed by atoms with Crippen LogP contribution in [0.15, 0.2) is 18.2 Å². The summed E-state index contributed by atoms with van der Waals surface area (Å²) in [4.78, 5) is 0. The Morgan fingerprint density at radius 3 is 2.19 bits per heavy atom. The van der Waals surface area contributed by atoms with E-state index in [2.05, 4.69) is 17.4 Å². The lowest BCUT2D eigenvalue weighted by atomic mass is 10.0. The molecule has 0 aliphatic carbocycles. The van der Waals surface area contributed by atoms with Crippen molar-refractivity contribution in [3.8, 4) is 11.5 Å². The van der Waals surface area contributed by atoms with E-state index < -0.39 is 0 Å². The summed E-state index contributed by atoms with van der Waals surface area (Å²) in [6.45, 7) is 0. The third-order valence-electron chi connectivity index (χ3n) is 2.89. The number of hydrogen-bond acceptors (Lipinski definition) is 4. The van der Waals surface area contributed by atoms with E-state index in [9.17, 15) is 0 Å². The average molecular weight is 239 g/mol. The molecule has 0 aromatic heterocycles. The second-order valence-corrected chi connectivity index (χ2v) is 4.97. The van der Waals surface area contributed by atoms with Crippen molar-refractivity contribution in [1.29, 1.82) is 0 Å². The highest BCUT2D eigenvalue weighted by molar-refractivity contribution is 8.01. The number of likely N-dealkylation sites (N-methyl/N-ethyl adjacent to an activating group) is 1. The molecule has 88 valence electrons. The maximum absolute atomic E-state index is 5.28. The van der Waals surface area contributed by atoms with Crippen LogP contribution in [-0.4, -0.2) is 33.1 Å². The third kappa shape index (κ3) is 2.13. The quantitative estimate of drug-likeness (QED) is 0.871. The van der Waals surface area contributed by atoms with Crippen molar-refractivity contribution in [1.82, 2.24) is 5.32 Å². The largest absolute Gasteiger partial charge is 0.497 e. The van der Waals surface area contributed by atoms with E-state index in [4.69, 9.17) is 9.47 Å². The van der Waals surface area contributed by atoms with Crippen LogP contribution in [0.25, 0.3) is 0 Å². The van der Waals surface area contributed by atoms with Crippen LogP contribution >= 0.6 is 11.8 Å². The number of hydrogen-bond donors (Lipinski definition) is 1. The first-order chi connectivity index (χ1) is 7.78. The van der Waals surface area contributed by atoms with Crippen molar-refractivity contribution in [2.45, 2.75) is 11.3 Å². The first-order valence-electron chi connectivity index (χ1n) is 5.30. The first kappa shape index (κ1) is 11.6. The van der Waals surface area contributed by atoms with E-state index in [1.165, 1.54) is 11.3 Å². The van der Waals surface area contributed by atoms with Crippen molar-refractivity contribution in [3.63, 3.8) is 0 Å². The zero-order chi connectivity index (χ0) is 11.5. The van der Waals surface area contributed by atoms with Gasteiger partial charge in [0.1, 0.15) is 11.5 Å². The summed E-state index contributed by atoms with van der Waals surface area (Å²) in [7, 11) is 5.37. The maximum atomic E-state index is 5.28. The van der Waals surface area contributed by atoms with Crippen molar-refractivity contribution in [2.24, 2.45) is 0 Å². The zero-order valence-electron chi connectivity index (χ0n) is 9.82. The topological polar surface area (TPSA) is 30.5 Å². The summed E-state index contributed by atoms with van der Waals surface area (Å²) in [6.07, 6.45) is 0. The van der Waals surface area contributed by atoms with Gasteiger partial charge in [-0.2, -0.15) is 11.8 Å². The Kier molecular flexibility index (Phi) is 3.61. The van der Waals surface area contributed by atoms with E-state index in [0.29, 0.717) is 11.3 Å². The molecule has 1 saturated heterocycles. The first-order valence-corrected chi connectivity index (χ1v) is 6.35. The van der Waals surface area contributed by atoms with Gasteiger partial charge in [-0.15, -0.1) is 0 Å². The minimum atomic E-state index is 0.508. The number of methoxy groups -OCH3 is 2. The van der Waals surface area contributed by atoms with E-state index >= 15 is 0 Å². The molecule has 16 heavy (non-hydrogen) atoms. The summed E-state index contributed by atoms with van der Waals surface area (Å²) in [6, 6.07) is 6.64. The molecule has 1 heterocycles. The van der Waals surface area contributed by atoms with Gasteiger partial charge in [0.05, 0.1) is 14.2 Å². The lowest BCUT2D eigenvalue weighted by Crippen LogP contribution is -2.40. The molecule has 0 radical (unpaired) electrons. The van der Waals surface area contributed by atoms with Gasteiger partial charge >= 0.3 is 0 Å². The summed E-state index contributed by atoms with van der Waals surface area (Å²) in [5.74, 6) is 2.88. The van der Waals surface area contributed by atoms with Gasteiger partial charge in [0, 0.05) is 23.1 Å². The van der Waals surface area contributed by atoms with Gasteiger partial charge in [-0.1, -0.05) is 0 Å². The predicted molar refractivity (Wildman–Crippen MR) is 67.6 cm³/mol. The van der Waals surface area contributed by atoms with Crippen molar-refractivity contribution >= 4 is 11.8 Å². The Bertz CT molecular complexity index is 346. The smallest absolute Gasteiger partial charge is 0.122 e. The van der Waals surface area contributed by atoms with Gasteiger partial charge in [-0.05, 0) is 24.7 Å². The van der Waals surface area contributed by atoms with Crippen molar-refractivity contribution < 1.29 is 9.47 Å².